The maximum absolute atomic E-state index is 12.0. The van der Waals surface area contributed by atoms with Gasteiger partial charge in [-0.25, -0.2) is 4.98 Å². The Hall–Kier alpha value is -2.54. The van der Waals surface area contributed by atoms with E-state index in [0.717, 1.165) is 16.3 Å². The zero-order valence-corrected chi connectivity index (χ0v) is 14.9. The Morgan fingerprint density at radius 3 is 2.38 bits per heavy atom. The largest absolute Gasteiger partial charge is 0.496 e. The molecule has 0 atom stereocenters. The van der Waals surface area contributed by atoms with E-state index in [1.807, 2.05) is 12.3 Å². The van der Waals surface area contributed by atoms with E-state index in [1.165, 1.54) is 6.08 Å². The van der Waals surface area contributed by atoms with Gasteiger partial charge in [0.15, 0.2) is 0 Å². The second kappa shape index (κ2) is 8.35. The van der Waals surface area contributed by atoms with E-state index >= 15 is 0 Å². The first-order valence-corrected chi connectivity index (χ1v) is 8.12. The lowest BCUT2D eigenvalue weighted by Crippen LogP contribution is -2.21. The molecule has 1 heterocycles. The minimum atomic E-state index is -0.222. The number of hydrogen-bond donors (Lipinski definition) is 1. The number of carbonyl (C=O) groups excluding carboxylic acids is 1. The first-order chi connectivity index (χ1) is 11.6. The molecule has 1 amide bonds. The first-order valence-electron chi connectivity index (χ1n) is 7.24. The molecule has 0 saturated carbocycles. The Bertz CT molecular complexity index is 715. The van der Waals surface area contributed by atoms with Gasteiger partial charge in [0, 0.05) is 23.6 Å². The number of thiazole rings is 1. The Morgan fingerprint density at radius 1 is 1.21 bits per heavy atom. The molecule has 128 valence electrons. The summed E-state index contributed by atoms with van der Waals surface area (Å²) < 4.78 is 15.9. The van der Waals surface area contributed by atoms with Gasteiger partial charge in [-0.15, -0.1) is 11.3 Å². The molecule has 0 fully saturated rings. The van der Waals surface area contributed by atoms with Crippen molar-refractivity contribution in [2.45, 2.75) is 13.5 Å². The highest BCUT2D eigenvalue weighted by Gasteiger charge is 2.13. The number of rotatable bonds is 7. The molecule has 1 aromatic heterocycles. The third kappa shape index (κ3) is 4.48. The van der Waals surface area contributed by atoms with Crippen LogP contribution in [0.3, 0.4) is 0 Å². The van der Waals surface area contributed by atoms with Crippen molar-refractivity contribution in [2.24, 2.45) is 0 Å². The fourth-order valence-electron chi connectivity index (χ4n) is 2.10. The quantitative estimate of drug-likeness (QED) is 0.779. The van der Waals surface area contributed by atoms with E-state index in [4.69, 9.17) is 14.2 Å². The van der Waals surface area contributed by atoms with Crippen molar-refractivity contribution < 1.29 is 19.0 Å². The van der Waals surface area contributed by atoms with Crippen LogP contribution in [-0.2, 0) is 11.3 Å². The summed E-state index contributed by atoms with van der Waals surface area (Å²) in [7, 11) is 4.69. The molecule has 2 rings (SSSR count). The molecule has 0 aliphatic carbocycles. The Balaban J connectivity index is 2.07. The lowest BCUT2D eigenvalue weighted by Gasteiger charge is -2.15. The van der Waals surface area contributed by atoms with E-state index in [9.17, 15) is 4.79 Å². The molecule has 1 aromatic carbocycles. The monoisotopic (exact) mass is 348 g/mol. The average molecular weight is 348 g/mol. The number of amides is 1. The Labute approximate surface area is 145 Å². The minimum Gasteiger partial charge on any atom is -0.496 e. The molecule has 0 aliphatic heterocycles. The molecule has 0 saturated heterocycles. The van der Waals surface area contributed by atoms with E-state index in [-0.39, 0.29) is 12.5 Å². The lowest BCUT2D eigenvalue weighted by atomic mass is 10.1. The maximum Gasteiger partial charge on any atom is 0.244 e. The molecule has 0 spiro atoms. The van der Waals surface area contributed by atoms with Gasteiger partial charge in [0.1, 0.15) is 17.2 Å². The summed E-state index contributed by atoms with van der Waals surface area (Å²) in [5, 5.41) is 5.67. The van der Waals surface area contributed by atoms with Crippen LogP contribution in [0.15, 0.2) is 23.6 Å². The second-order valence-corrected chi connectivity index (χ2v) is 5.92. The third-order valence-corrected chi connectivity index (χ3v) is 4.09. The van der Waals surface area contributed by atoms with Gasteiger partial charge in [0.05, 0.1) is 44.1 Å². The molecular weight excluding hydrogens is 328 g/mol. The fraction of sp³-hybridized carbons (Fsp3) is 0.294. The molecule has 7 heteroatoms. The van der Waals surface area contributed by atoms with E-state index in [2.05, 4.69) is 10.3 Å². The first kappa shape index (κ1) is 17.8. The van der Waals surface area contributed by atoms with Gasteiger partial charge in [-0.1, -0.05) is 0 Å². The van der Waals surface area contributed by atoms with Crippen LogP contribution in [0.25, 0.3) is 6.08 Å². The van der Waals surface area contributed by atoms with Crippen molar-refractivity contribution in [2.75, 3.05) is 21.3 Å². The predicted molar refractivity (Wildman–Crippen MR) is 93.8 cm³/mol. The summed E-state index contributed by atoms with van der Waals surface area (Å²) in [5.74, 6) is 1.58. The number of nitrogens with one attached hydrogen (secondary N) is 1. The summed E-state index contributed by atoms with van der Waals surface area (Å²) >= 11 is 1.54. The number of aromatic nitrogens is 1. The molecule has 1 N–H and O–H groups in total. The highest BCUT2D eigenvalue weighted by molar-refractivity contribution is 7.09. The summed E-state index contributed by atoms with van der Waals surface area (Å²) in [5.41, 5.74) is 1.51. The number of nitrogens with zero attached hydrogens (tertiary/aromatic N) is 1. The van der Waals surface area contributed by atoms with Gasteiger partial charge in [-0.05, 0) is 13.0 Å². The van der Waals surface area contributed by atoms with Gasteiger partial charge >= 0.3 is 0 Å². The lowest BCUT2D eigenvalue weighted by molar-refractivity contribution is -0.116. The molecule has 2 aromatic rings. The number of hydrogen-bond acceptors (Lipinski definition) is 6. The van der Waals surface area contributed by atoms with Crippen LogP contribution >= 0.6 is 11.3 Å². The van der Waals surface area contributed by atoms with Gasteiger partial charge in [-0.3, -0.25) is 4.79 Å². The molecule has 24 heavy (non-hydrogen) atoms. The van der Waals surface area contributed by atoms with Crippen molar-refractivity contribution in [3.63, 3.8) is 0 Å². The second-order valence-electron chi connectivity index (χ2n) is 4.85. The van der Waals surface area contributed by atoms with Crippen LogP contribution < -0.4 is 19.5 Å². The zero-order valence-electron chi connectivity index (χ0n) is 14.1. The number of methoxy groups -OCH3 is 3. The summed E-state index contributed by atoms with van der Waals surface area (Å²) in [6, 6.07) is 3.50. The Kier molecular flexibility index (Phi) is 6.20. The molecule has 0 bridgehead atoms. The van der Waals surface area contributed by atoms with Crippen LogP contribution in [0.1, 0.15) is 16.3 Å². The van der Waals surface area contributed by atoms with Crippen LogP contribution in [-0.4, -0.2) is 32.2 Å². The smallest absolute Gasteiger partial charge is 0.244 e. The van der Waals surface area contributed by atoms with Crippen LogP contribution in [0.5, 0.6) is 17.2 Å². The zero-order chi connectivity index (χ0) is 17.5. The normalized spacial score (nSPS) is 10.7. The van der Waals surface area contributed by atoms with Gasteiger partial charge in [0.25, 0.3) is 0 Å². The van der Waals surface area contributed by atoms with Crippen LogP contribution in [0.4, 0.5) is 0 Å². The van der Waals surface area contributed by atoms with Crippen molar-refractivity contribution in [3.8, 4) is 17.2 Å². The maximum atomic E-state index is 12.0. The van der Waals surface area contributed by atoms with E-state index < -0.39 is 0 Å². The van der Waals surface area contributed by atoms with Crippen LogP contribution in [0.2, 0.25) is 0 Å². The highest BCUT2D eigenvalue weighted by Crippen LogP contribution is 2.33. The van der Waals surface area contributed by atoms with E-state index in [1.54, 1.807) is 50.9 Å². The van der Waals surface area contributed by atoms with Crippen LogP contribution in [0, 0.1) is 6.92 Å². The van der Waals surface area contributed by atoms with Gasteiger partial charge in [-0.2, -0.15) is 0 Å². The van der Waals surface area contributed by atoms with Gasteiger partial charge < -0.3 is 19.5 Å². The Morgan fingerprint density at radius 2 is 1.88 bits per heavy atom. The standard InChI is InChI=1S/C17H20N2O4S/c1-11-19-12(10-24-11)5-6-17(20)18-9-14-15(22-3)7-13(21-2)8-16(14)23-4/h5-8,10H,9H2,1-4H3,(H,18,20). The number of benzene rings is 1. The topological polar surface area (TPSA) is 69.7 Å². The predicted octanol–water partition coefficient (Wildman–Crippen LogP) is 2.81. The summed E-state index contributed by atoms with van der Waals surface area (Å²) in [6.07, 6.45) is 3.14. The van der Waals surface area contributed by atoms with Crippen molar-refractivity contribution in [1.82, 2.24) is 10.3 Å². The molecule has 0 radical (unpaired) electrons. The summed E-state index contributed by atoms with van der Waals surface area (Å²) in [4.78, 5) is 16.3. The molecule has 6 nitrogen and oxygen atoms in total. The number of ether oxygens (including phenoxy) is 3. The molecule has 0 aliphatic rings. The van der Waals surface area contributed by atoms with Crippen molar-refractivity contribution in [3.05, 3.63) is 39.9 Å². The number of aryl methyl sites for hydroxylation is 1. The molecular formula is C17H20N2O4S. The third-order valence-electron chi connectivity index (χ3n) is 3.30. The average Bonchev–Trinajstić information content (AvgIpc) is 3.02. The minimum absolute atomic E-state index is 0.222. The summed E-state index contributed by atoms with van der Waals surface area (Å²) in [6.45, 7) is 2.19. The van der Waals surface area contributed by atoms with Crippen molar-refractivity contribution in [1.29, 1.82) is 0 Å². The molecule has 0 unspecified atom stereocenters. The van der Waals surface area contributed by atoms with E-state index in [0.29, 0.717) is 17.2 Å². The number of carbonyl (C=O) groups is 1. The fourth-order valence-corrected chi connectivity index (χ4v) is 2.68. The SMILES string of the molecule is COc1cc(OC)c(CNC(=O)C=Cc2csc(C)n2)c(OC)c1. The highest BCUT2D eigenvalue weighted by atomic mass is 32.1. The van der Waals surface area contributed by atoms with Crippen molar-refractivity contribution >= 4 is 23.3 Å². The van der Waals surface area contributed by atoms with Gasteiger partial charge in [0.2, 0.25) is 5.91 Å².